The number of imidazole rings is 1. The zero-order valence-corrected chi connectivity index (χ0v) is 17.1. The molecule has 0 radical (unpaired) electrons. The maximum atomic E-state index is 13.5. The first-order chi connectivity index (χ1) is 14.5. The fraction of sp³-hybridized carbons (Fsp3) is 0.348. The van der Waals surface area contributed by atoms with Crippen LogP contribution in [-0.2, 0) is 23.3 Å². The number of unbranched alkanes of at least 4 members (excludes halogenated alkanes) is 1. The Hall–Kier alpha value is -2.88. The average Bonchev–Trinajstić information content (AvgIpc) is 3.16. The number of nitrogens with zero attached hydrogens (tertiary/aromatic N) is 4. The molecule has 1 aliphatic heterocycles. The summed E-state index contributed by atoms with van der Waals surface area (Å²) < 4.78 is 2.08. The zero-order valence-electron chi connectivity index (χ0n) is 16.4. The summed E-state index contributed by atoms with van der Waals surface area (Å²) in [6, 6.07) is 15.6. The van der Waals surface area contributed by atoms with E-state index in [0.29, 0.717) is 43.8 Å². The third-order valence-corrected chi connectivity index (χ3v) is 6.53. The number of para-hydroxylation sites is 1. The number of fused-ring (bicyclic) bond motifs is 3. The van der Waals surface area contributed by atoms with Crippen LogP contribution in [0.5, 0.6) is 0 Å². The van der Waals surface area contributed by atoms with Gasteiger partial charge in [0.25, 0.3) is 0 Å². The molecule has 2 aliphatic rings. The van der Waals surface area contributed by atoms with Gasteiger partial charge in [-0.15, -0.1) is 0 Å². The third-order valence-electron chi connectivity index (χ3n) is 6.29. The molecule has 1 spiro atoms. The molecule has 30 heavy (non-hydrogen) atoms. The minimum atomic E-state index is -0.614. The number of carbonyl (C=O) groups is 1. The van der Waals surface area contributed by atoms with Crippen molar-refractivity contribution in [2.75, 3.05) is 4.90 Å². The van der Waals surface area contributed by atoms with Gasteiger partial charge in [0.15, 0.2) is 0 Å². The van der Waals surface area contributed by atoms with Gasteiger partial charge >= 0.3 is 0 Å². The Morgan fingerprint density at radius 2 is 2.07 bits per heavy atom. The summed E-state index contributed by atoms with van der Waals surface area (Å²) in [5.41, 5.74) is 3.00. The number of aliphatic hydroxyl groups is 1. The molecule has 0 saturated heterocycles. The molecule has 0 bridgehead atoms. The molecule has 152 valence electrons. The Balaban J connectivity index is 1.55. The highest BCUT2D eigenvalue weighted by Crippen LogP contribution is 2.53. The molecule has 1 aliphatic carbocycles. The van der Waals surface area contributed by atoms with E-state index in [4.69, 9.17) is 21.8 Å². The lowest BCUT2D eigenvalue weighted by Crippen LogP contribution is -2.51. The van der Waals surface area contributed by atoms with Crippen molar-refractivity contribution in [2.24, 2.45) is 0 Å². The SMILES string of the molecule is N#CCCCn1c(CN2C(=O)C3(CC(O)C3)c3ccccc32)nc2cc(Cl)ccc21. The van der Waals surface area contributed by atoms with E-state index in [1.165, 1.54) is 0 Å². The van der Waals surface area contributed by atoms with E-state index >= 15 is 0 Å². The molecule has 0 atom stereocenters. The number of carbonyl (C=O) groups excluding carboxylic acids is 1. The Bertz CT molecular complexity index is 1190. The minimum absolute atomic E-state index is 0.0302. The third kappa shape index (κ3) is 2.81. The number of aromatic nitrogens is 2. The van der Waals surface area contributed by atoms with Gasteiger partial charge in [-0.1, -0.05) is 29.8 Å². The Labute approximate surface area is 179 Å². The van der Waals surface area contributed by atoms with Crippen LogP contribution in [-0.4, -0.2) is 26.7 Å². The van der Waals surface area contributed by atoms with Gasteiger partial charge in [-0.2, -0.15) is 5.26 Å². The van der Waals surface area contributed by atoms with Gasteiger partial charge in [-0.25, -0.2) is 4.98 Å². The summed E-state index contributed by atoms with van der Waals surface area (Å²) in [6.45, 7) is 0.987. The van der Waals surface area contributed by atoms with Crippen molar-refractivity contribution >= 4 is 34.2 Å². The van der Waals surface area contributed by atoms with E-state index in [9.17, 15) is 9.90 Å². The second-order valence-corrected chi connectivity index (χ2v) is 8.56. The van der Waals surface area contributed by atoms with Crippen LogP contribution in [0.25, 0.3) is 11.0 Å². The topological polar surface area (TPSA) is 82.2 Å². The summed E-state index contributed by atoms with van der Waals surface area (Å²) in [4.78, 5) is 20.0. The van der Waals surface area contributed by atoms with Crippen molar-refractivity contribution in [1.82, 2.24) is 9.55 Å². The summed E-state index contributed by atoms with van der Waals surface area (Å²) in [5.74, 6) is 0.799. The smallest absolute Gasteiger partial charge is 0.238 e. The number of aryl methyl sites for hydroxylation is 1. The second kappa shape index (κ2) is 7.12. The molecule has 2 aromatic carbocycles. The van der Waals surface area contributed by atoms with Crippen LogP contribution >= 0.6 is 11.6 Å². The van der Waals surface area contributed by atoms with Crippen LogP contribution in [0.4, 0.5) is 5.69 Å². The number of nitriles is 1. The lowest BCUT2D eigenvalue weighted by Gasteiger charge is -2.41. The average molecular weight is 421 g/mol. The number of halogens is 1. The number of amides is 1. The van der Waals surface area contributed by atoms with Crippen molar-refractivity contribution in [3.05, 3.63) is 58.9 Å². The predicted octanol–water partition coefficient (Wildman–Crippen LogP) is 3.93. The molecule has 0 unspecified atom stereocenters. The standard InChI is InChI=1S/C23H21ClN4O2/c24-15-7-8-20-18(11-15)26-21(27(20)10-4-3-9-25)14-28-19-6-2-1-5-17(19)23(22(28)30)12-16(29)13-23/h1-2,5-8,11,16,29H,3-4,10,12-14H2. The highest BCUT2D eigenvalue weighted by molar-refractivity contribution is 6.31. The Morgan fingerprint density at radius 3 is 2.83 bits per heavy atom. The van der Waals surface area contributed by atoms with Crippen LogP contribution in [0.2, 0.25) is 5.02 Å². The molecule has 6 nitrogen and oxygen atoms in total. The molecule has 1 aromatic heterocycles. The molecule has 1 amide bonds. The van der Waals surface area contributed by atoms with Crippen LogP contribution in [0.1, 0.15) is 37.1 Å². The second-order valence-electron chi connectivity index (χ2n) is 8.13. The lowest BCUT2D eigenvalue weighted by molar-refractivity contribution is -0.131. The first kappa shape index (κ1) is 19.1. The first-order valence-electron chi connectivity index (χ1n) is 10.1. The quantitative estimate of drug-likeness (QED) is 0.634. The van der Waals surface area contributed by atoms with E-state index in [0.717, 1.165) is 28.1 Å². The monoisotopic (exact) mass is 420 g/mol. The normalized spacial score (nSPS) is 22.4. The van der Waals surface area contributed by atoms with Crippen LogP contribution in [0, 0.1) is 11.3 Å². The van der Waals surface area contributed by atoms with Gasteiger partial charge in [0.05, 0.1) is 35.2 Å². The van der Waals surface area contributed by atoms with E-state index in [-0.39, 0.29) is 5.91 Å². The van der Waals surface area contributed by atoms with Gasteiger partial charge < -0.3 is 14.6 Å². The fourth-order valence-corrected chi connectivity index (χ4v) is 5.04. The molecular formula is C23H21ClN4O2. The lowest BCUT2D eigenvalue weighted by atomic mass is 9.63. The zero-order chi connectivity index (χ0) is 20.9. The number of rotatable bonds is 5. The molecule has 2 heterocycles. The van der Waals surface area contributed by atoms with Crippen molar-refractivity contribution in [3.63, 3.8) is 0 Å². The summed E-state index contributed by atoms with van der Waals surface area (Å²) >= 11 is 6.16. The predicted molar refractivity (Wildman–Crippen MR) is 114 cm³/mol. The van der Waals surface area contributed by atoms with Crippen molar-refractivity contribution < 1.29 is 9.90 Å². The largest absolute Gasteiger partial charge is 0.393 e. The van der Waals surface area contributed by atoms with E-state index < -0.39 is 11.5 Å². The Morgan fingerprint density at radius 1 is 1.27 bits per heavy atom. The minimum Gasteiger partial charge on any atom is -0.393 e. The van der Waals surface area contributed by atoms with Crippen LogP contribution in [0.15, 0.2) is 42.5 Å². The highest BCUT2D eigenvalue weighted by Gasteiger charge is 2.58. The maximum absolute atomic E-state index is 13.5. The van der Waals surface area contributed by atoms with Gasteiger partial charge in [-0.3, -0.25) is 4.79 Å². The number of benzene rings is 2. The molecule has 7 heteroatoms. The number of hydrogen-bond acceptors (Lipinski definition) is 4. The number of aliphatic hydroxyl groups excluding tert-OH is 1. The summed E-state index contributed by atoms with van der Waals surface area (Å²) in [5, 5.41) is 19.5. The fourth-order valence-electron chi connectivity index (χ4n) is 4.87. The van der Waals surface area contributed by atoms with Crippen molar-refractivity contribution in [2.45, 2.75) is 50.3 Å². The van der Waals surface area contributed by atoms with Gasteiger partial charge in [0, 0.05) is 23.7 Å². The molecular weight excluding hydrogens is 400 g/mol. The molecule has 5 rings (SSSR count). The van der Waals surface area contributed by atoms with Gasteiger partial charge in [0.1, 0.15) is 5.82 Å². The molecule has 1 N–H and O–H groups in total. The molecule has 3 aromatic rings. The van der Waals surface area contributed by atoms with Crippen molar-refractivity contribution in [1.29, 1.82) is 5.26 Å². The summed E-state index contributed by atoms with van der Waals surface area (Å²) in [7, 11) is 0. The van der Waals surface area contributed by atoms with E-state index in [2.05, 4.69) is 10.6 Å². The van der Waals surface area contributed by atoms with E-state index in [1.54, 1.807) is 4.90 Å². The van der Waals surface area contributed by atoms with Crippen LogP contribution < -0.4 is 4.90 Å². The number of hydrogen-bond donors (Lipinski definition) is 1. The molecule has 1 saturated carbocycles. The number of anilines is 1. The maximum Gasteiger partial charge on any atom is 0.238 e. The van der Waals surface area contributed by atoms with Crippen LogP contribution in [0.3, 0.4) is 0 Å². The first-order valence-corrected chi connectivity index (χ1v) is 10.5. The van der Waals surface area contributed by atoms with Gasteiger partial charge in [0.2, 0.25) is 5.91 Å². The Kier molecular flexibility index (Phi) is 4.53. The van der Waals surface area contributed by atoms with E-state index in [1.807, 2.05) is 42.5 Å². The summed E-state index contributed by atoms with van der Waals surface area (Å²) in [6.07, 6.45) is 1.66. The molecule has 1 fully saturated rings. The highest BCUT2D eigenvalue weighted by atomic mass is 35.5. The van der Waals surface area contributed by atoms with Crippen molar-refractivity contribution in [3.8, 4) is 6.07 Å². The van der Waals surface area contributed by atoms with Gasteiger partial charge in [-0.05, 0) is 49.1 Å².